The molecule has 8 nitrogen and oxygen atoms in total. The molecule has 0 saturated heterocycles. The van der Waals surface area contributed by atoms with E-state index in [1.165, 1.54) is 0 Å². The average Bonchev–Trinajstić information content (AvgIpc) is 3.35. The minimum atomic E-state index is -1.09. The van der Waals surface area contributed by atoms with E-state index in [9.17, 15) is 15.2 Å². The van der Waals surface area contributed by atoms with Gasteiger partial charge in [0.05, 0.1) is 18.2 Å². The first-order chi connectivity index (χ1) is 18.9. The minimum absolute atomic E-state index is 0.0684. The zero-order valence-corrected chi connectivity index (χ0v) is 22.9. The molecule has 0 unspecified atom stereocenters. The van der Waals surface area contributed by atoms with Crippen molar-refractivity contribution < 1.29 is 19.4 Å². The summed E-state index contributed by atoms with van der Waals surface area (Å²) in [5, 5.41) is 28.9. The summed E-state index contributed by atoms with van der Waals surface area (Å²) in [5.41, 5.74) is 2.75. The van der Waals surface area contributed by atoms with Crippen molar-refractivity contribution in [1.82, 2.24) is 14.8 Å². The summed E-state index contributed by atoms with van der Waals surface area (Å²) in [6, 6.07) is 21.8. The number of aliphatic carboxylic acids is 1. The highest BCUT2D eigenvalue weighted by atomic mass is 35.5. The quantitative estimate of drug-likeness (QED) is 0.160. The van der Waals surface area contributed by atoms with Gasteiger partial charge < -0.3 is 19.1 Å². The Labute approximate surface area is 235 Å². The number of aromatic nitrogens is 3. The highest BCUT2D eigenvalue weighted by molar-refractivity contribution is 8.04. The van der Waals surface area contributed by atoms with Gasteiger partial charge in [0.1, 0.15) is 11.5 Å². The second-order valence-electron chi connectivity index (χ2n) is 8.17. The van der Waals surface area contributed by atoms with Crippen LogP contribution in [-0.4, -0.2) is 32.4 Å². The van der Waals surface area contributed by atoms with Crippen LogP contribution >= 0.6 is 23.4 Å². The van der Waals surface area contributed by atoms with Gasteiger partial charge in [0, 0.05) is 22.7 Å². The Hall–Kier alpha value is -4.26. The van der Waals surface area contributed by atoms with Crippen molar-refractivity contribution in [1.29, 1.82) is 5.26 Å². The van der Waals surface area contributed by atoms with Gasteiger partial charge in [0.15, 0.2) is 22.5 Å². The molecule has 0 aliphatic heterocycles. The number of nitriles is 1. The maximum Gasteiger partial charge on any atom is 0.342 e. The highest BCUT2D eigenvalue weighted by Gasteiger charge is 2.19. The van der Waals surface area contributed by atoms with Gasteiger partial charge in [-0.05, 0) is 79.7 Å². The fourth-order valence-electron chi connectivity index (χ4n) is 3.76. The molecule has 1 aromatic heterocycles. The maximum absolute atomic E-state index is 12.2. The van der Waals surface area contributed by atoms with Gasteiger partial charge in [-0.1, -0.05) is 35.9 Å². The lowest BCUT2D eigenvalue weighted by atomic mass is 10.1. The lowest BCUT2D eigenvalue weighted by molar-refractivity contribution is -0.131. The van der Waals surface area contributed by atoms with E-state index in [0.29, 0.717) is 51.8 Å². The van der Waals surface area contributed by atoms with Crippen molar-refractivity contribution in [3.8, 4) is 29.0 Å². The third kappa shape index (κ3) is 6.79. The molecule has 0 fully saturated rings. The second-order valence-corrected chi connectivity index (χ2v) is 9.62. The fourth-order valence-corrected chi connectivity index (χ4v) is 4.77. The van der Waals surface area contributed by atoms with Crippen LogP contribution in [0.2, 0.25) is 5.02 Å². The van der Waals surface area contributed by atoms with Gasteiger partial charge in [0.25, 0.3) is 0 Å². The largest absolute Gasteiger partial charge is 0.490 e. The zero-order chi connectivity index (χ0) is 27.8. The number of nitrogens with zero attached hydrogens (tertiary/aromatic N) is 4. The van der Waals surface area contributed by atoms with E-state index in [-0.39, 0.29) is 11.5 Å². The molecular formula is C29H25ClN4O4S. The van der Waals surface area contributed by atoms with E-state index in [4.69, 9.17) is 21.1 Å². The van der Waals surface area contributed by atoms with Gasteiger partial charge in [0.2, 0.25) is 0 Å². The molecule has 0 atom stereocenters. The lowest BCUT2D eigenvalue weighted by Gasteiger charge is -2.13. The normalized spacial score (nSPS) is 11.2. The number of carbonyl (C=O) groups is 1. The number of carboxylic acid groups (broad SMARTS) is 1. The molecule has 1 heterocycles. The van der Waals surface area contributed by atoms with Crippen molar-refractivity contribution in [2.45, 2.75) is 32.2 Å². The van der Waals surface area contributed by atoms with Crippen molar-refractivity contribution >= 4 is 35.4 Å². The van der Waals surface area contributed by atoms with E-state index < -0.39 is 5.97 Å². The molecule has 0 aliphatic rings. The van der Waals surface area contributed by atoms with E-state index in [2.05, 4.69) is 16.3 Å². The monoisotopic (exact) mass is 560 g/mol. The molecule has 4 aromatic rings. The van der Waals surface area contributed by atoms with E-state index in [1.807, 2.05) is 42.7 Å². The molecular weight excluding hydrogens is 536 g/mol. The Morgan fingerprint density at radius 1 is 1.08 bits per heavy atom. The molecule has 198 valence electrons. The third-order valence-electron chi connectivity index (χ3n) is 5.63. The predicted octanol–water partition coefficient (Wildman–Crippen LogP) is 6.69. The van der Waals surface area contributed by atoms with E-state index in [0.717, 1.165) is 22.9 Å². The molecule has 0 spiro atoms. The first-order valence-electron chi connectivity index (χ1n) is 12.1. The Morgan fingerprint density at radius 2 is 1.85 bits per heavy atom. The van der Waals surface area contributed by atoms with E-state index in [1.54, 1.807) is 48.5 Å². The molecule has 0 radical (unpaired) electrons. The molecule has 4 rings (SSSR count). The SMILES string of the molecule is CCOc1cc(/C=C(\Sc2nnc(-c3ccc(Cl)cc3)n2CC)C(=O)O)ccc1OCc1ccccc1C#N. The zero-order valence-electron chi connectivity index (χ0n) is 21.3. The number of carboxylic acids is 1. The van der Waals surface area contributed by atoms with E-state index >= 15 is 0 Å². The molecule has 0 aliphatic carbocycles. The molecule has 39 heavy (non-hydrogen) atoms. The van der Waals surface area contributed by atoms with Gasteiger partial charge in [-0.3, -0.25) is 0 Å². The Kier molecular flexibility index (Phi) is 9.26. The number of benzene rings is 3. The van der Waals surface area contributed by atoms with Gasteiger partial charge in [-0.2, -0.15) is 5.26 Å². The lowest BCUT2D eigenvalue weighted by Crippen LogP contribution is -2.03. The summed E-state index contributed by atoms with van der Waals surface area (Å²) in [6.45, 7) is 4.93. The Bertz CT molecular complexity index is 1540. The van der Waals surface area contributed by atoms with Gasteiger partial charge in [-0.15, -0.1) is 10.2 Å². The summed E-state index contributed by atoms with van der Waals surface area (Å²) in [4.78, 5) is 12.2. The smallest absolute Gasteiger partial charge is 0.342 e. The number of halogens is 1. The molecule has 10 heteroatoms. The Morgan fingerprint density at radius 3 is 2.54 bits per heavy atom. The first-order valence-corrected chi connectivity index (χ1v) is 13.3. The summed E-state index contributed by atoms with van der Waals surface area (Å²) in [7, 11) is 0. The van der Waals surface area contributed by atoms with Crippen LogP contribution in [0, 0.1) is 11.3 Å². The maximum atomic E-state index is 12.2. The number of hydrogen-bond acceptors (Lipinski definition) is 7. The van der Waals surface area contributed by atoms with Crippen LogP contribution in [0.1, 0.15) is 30.5 Å². The predicted molar refractivity (Wildman–Crippen MR) is 151 cm³/mol. The molecule has 3 aromatic carbocycles. The molecule has 1 N–H and O–H groups in total. The van der Waals surface area contributed by atoms with Crippen molar-refractivity contribution in [3.05, 3.63) is 93.3 Å². The third-order valence-corrected chi connectivity index (χ3v) is 6.88. The number of thioether (sulfide) groups is 1. The van der Waals surface area contributed by atoms with Crippen molar-refractivity contribution in [2.75, 3.05) is 6.61 Å². The van der Waals surface area contributed by atoms with Crippen LogP contribution in [0.15, 0.2) is 76.8 Å². The fraction of sp³-hybridized carbons (Fsp3) is 0.172. The second kappa shape index (κ2) is 13.0. The van der Waals surface area contributed by atoms with Crippen molar-refractivity contribution in [2.24, 2.45) is 0 Å². The summed E-state index contributed by atoms with van der Waals surface area (Å²) in [5.74, 6) is 0.492. The minimum Gasteiger partial charge on any atom is -0.490 e. The standard InChI is InChI=1S/C29H25ClN4O4S/c1-3-34-27(20-10-12-23(30)13-11-20)32-33-29(34)39-26(28(35)36)16-19-9-14-24(25(15-19)37-4-2)38-18-22-8-6-5-7-21(22)17-31/h5-16H,3-4,18H2,1-2H3,(H,35,36)/b26-16-. The molecule has 0 bridgehead atoms. The van der Waals surface area contributed by atoms with Crippen LogP contribution < -0.4 is 9.47 Å². The number of rotatable bonds is 11. The highest BCUT2D eigenvalue weighted by Crippen LogP contribution is 2.34. The molecule has 0 saturated carbocycles. The topological polar surface area (TPSA) is 110 Å². The number of ether oxygens (including phenoxy) is 2. The van der Waals surface area contributed by atoms with Crippen LogP contribution in [0.4, 0.5) is 0 Å². The van der Waals surface area contributed by atoms with Crippen LogP contribution in [-0.2, 0) is 17.9 Å². The van der Waals surface area contributed by atoms with Gasteiger partial charge >= 0.3 is 5.97 Å². The van der Waals surface area contributed by atoms with Crippen LogP contribution in [0.25, 0.3) is 17.5 Å². The number of hydrogen-bond donors (Lipinski definition) is 1. The van der Waals surface area contributed by atoms with Gasteiger partial charge in [-0.25, -0.2) is 4.79 Å². The first kappa shape index (κ1) is 27.8. The molecule has 0 amide bonds. The van der Waals surface area contributed by atoms with Crippen LogP contribution in [0.5, 0.6) is 11.5 Å². The summed E-state index contributed by atoms with van der Waals surface area (Å²) < 4.78 is 13.6. The van der Waals surface area contributed by atoms with Crippen LogP contribution in [0.3, 0.4) is 0 Å². The average molecular weight is 561 g/mol. The summed E-state index contributed by atoms with van der Waals surface area (Å²) >= 11 is 7.03. The summed E-state index contributed by atoms with van der Waals surface area (Å²) in [6.07, 6.45) is 1.56. The Balaban J connectivity index is 1.59. The van der Waals surface area contributed by atoms with Crippen molar-refractivity contribution in [3.63, 3.8) is 0 Å².